The molecule has 1 atom stereocenters. The summed E-state index contributed by atoms with van der Waals surface area (Å²) in [6, 6.07) is 36.7. The maximum absolute atomic E-state index is 3.35. The zero-order valence-electron chi connectivity index (χ0n) is 25.5. The van der Waals surface area contributed by atoms with Gasteiger partial charge in [0.25, 0.3) is 0 Å². The van der Waals surface area contributed by atoms with Crippen molar-refractivity contribution in [3.63, 3.8) is 0 Å². The summed E-state index contributed by atoms with van der Waals surface area (Å²) in [7, 11) is 0. The van der Waals surface area contributed by atoms with Crippen molar-refractivity contribution in [2.75, 3.05) is 0 Å². The van der Waals surface area contributed by atoms with Crippen molar-refractivity contribution in [3.05, 3.63) is 149 Å². The van der Waals surface area contributed by atoms with Crippen molar-refractivity contribution in [2.24, 2.45) is 11.3 Å². The SMILES string of the molecule is CCC1[C-]=CC(C(C)(C)C)=C1.Cc1ccc2c(c1)[cH-]c1cc(C)ccc12.[Cl-].[Cl-].[Zr+2]=[C](c1ccccc1)c1ccccc1. The van der Waals surface area contributed by atoms with Crippen molar-refractivity contribution in [2.45, 2.75) is 48.0 Å². The third-order valence-electron chi connectivity index (χ3n) is 7.28. The van der Waals surface area contributed by atoms with Gasteiger partial charge < -0.3 is 24.8 Å². The monoisotopic (exact) mass is 668 g/mol. The van der Waals surface area contributed by atoms with Crippen LogP contribution in [0.3, 0.4) is 0 Å². The molecule has 42 heavy (non-hydrogen) atoms. The molecule has 216 valence electrons. The molecule has 0 spiro atoms. The van der Waals surface area contributed by atoms with E-state index in [1.807, 2.05) is 0 Å². The van der Waals surface area contributed by atoms with Crippen molar-refractivity contribution >= 4 is 24.8 Å². The molecule has 0 saturated heterocycles. The minimum absolute atomic E-state index is 0. The molecular weight excluding hydrogens is 631 g/mol. The van der Waals surface area contributed by atoms with Crippen LogP contribution in [0.25, 0.3) is 21.5 Å². The van der Waals surface area contributed by atoms with Crippen LogP contribution in [0.4, 0.5) is 0 Å². The molecule has 0 saturated carbocycles. The molecule has 0 fully saturated rings. The molecule has 1 aliphatic rings. The second-order valence-electron chi connectivity index (χ2n) is 11.6. The summed E-state index contributed by atoms with van der Waals surface area (Å²) in [5.74, 6) is 0.573. The van der Waals surface area contributed by atoms with Gasteiger partial charge in [-0.1, -0.05) is 80.8 Å². The predicted molar refractivity (Wildman–Crippen MR) is 172 cm³/mol. The molecule has 3 heteroatoms. The molecule has 6 rings (SSSR count). The average Bonchev–Trinajstić information content (AvgIpc) is 3.59. The van der Waals surface area contributed by atoms with Gasteiger partial charge in [-0.15, -0.1) is 39.7 Å². The summed E-state index contributed by atoms with van der Waals surface area (Å²) in [5.41, 5.74) is 7.05. The van der Waals surface area contributed by atoms with Gasteiger partial charge in [0.1, 0.15) is 0 Å². The van der Waals surface area contributed by atoms with Gasteiger partial charge in [0.05, 0.1) is 0 Å². The summed E-state index contributed by atoms with van der Waals surface area (Å²) in [5, 5.41) is 5.46. The molecule has 0 heterocycles. The van der Waals surface area contributed by atoms with Crippen molar-refractivity contribution in [3.8, 4) is 0 Å². The van der Waals surface area contributed by atoms with Crippen molar-refractivity contribution in [1.82, 2.24) is 0 Å². The van der Waals surface area contributed by atoms with E-state index in [4.69, 9.17) is 0 Å². The van der Waals surface area contributed by atoms with Crippen molar-refractivity contribution in [1.29, 1.82) is 0 Å². The Hall–Kier alpha value is -2.44. The summed E-state index contributed by atoms with van der Waals surface area (Å²) >= 11 is 1.46. The number of aryl methyl sites for hydroxylation is 2. The van der Waals surface area contributed by atoms with E-state index in [0.717, 1.165) is 0 Å². The van der Waals surface area contributed by atoms with Crippen LogP contribution in [0.15, 0.2) is 121 Å². The molecule has 1 unspecified atom stereocenters. The number of halogens is 2. The van der Waals surface area contributed by atoms with Crippen LogP contribution >= 0.6 is 0 Å². The number of fused-ring (bicyclic) bond motifs is 3. The van der Waals surface area contributed by atoms with Crippen LogP contribution in [-0.4, -0.2) is 3.21 Å². The first-order valence-corrected chi connectivity index (χ1v) is 15.5. The fourth-order valence-electron chi connectivity index (χ4n) is 4.85. The maximum atomic E-state index is 3.35. The predicted octanol–water partition coefficient (Wildman–Crippen LogP) is 4.50. The topological polar surface area (TPSA) is 0 Å². The standard InChI is InChI=1S/C15H13.C13H10.C11H17.2ClH.Zr/c1-10-3-5-14-12(7-10)9-13-8-11(2)4-6-15(13)14;1-3-7-12(8-4-1)11-13-9-5-2-6-10-13;1-5-9-6-7-10(8-9)11(2,3)4;;;/h3-9H,1-2H3;1-10H;7-9H,5H2,1-4H3;2*1H;/q-1;;-1;;;+2/p-2. The first kappa shape index (κ1) is 35.8. The van der Waals surface area contributed by atoms with Crippen LogP contribution in [0.2, 0.25) is 0 Å². The third kappa shape index (κ3) is 9.54. The average molecular weight is 671 g/mol. The van der Waals surface area contributed by atoms with Gasteiger partial charge in [0.2, 0.25) is 0 Å². The molecule has 0 amide bonds. The van der Waals surface area contributed by atoms with Gasteiger partial charge in [-0.2, -0.15) is 11.6 Å². The Morgan fingerprint density at radius 2 is 1.19 bits per heavy atom. The fraction of sp³-hybridized carbons (Fsp3) is 0.231. The molecule has 0 N–H and O–H groups in total. The van der Waals surface area contributed by atoms with E-state index < -0.39 is 0 Å². The molecule has 1 aliphatic carbocycles. The zero-order chi connectivity index (χ0) is 28.7. The number of hydrogen-bond donors (Lipinski definition) is 0. The first-order chi connectivity index (χ1) is 19.2. The Morgan fingerprint density at radius 3 is 1.55 bits per heavy atom. The van der Waals surface area contributed by atoms with Crippen LogP contribution < -0.4 is 24.8 Å². The minimum atomic E-state index is 0. The van der Waals surface area contributed by atoms with Gasteiger partial charge in [0, 0.05) is 0 Å². The first-order valence-electron chi connectivity index (χ1n) is 14.2. The fourth-order valence-corrected chi connectivity index (χ4v) is 5.67. The molecule has 0 bridgehead atoms. The number of hydrogen-bond acceptors (Lipinski definition) is 0. The van der Waals surface area contributed by atoms with E-state index in [0.29, 0.717) is 11.3 Å². The molecule has 5 aromatic carbocycles. The molecule has 5 aromatic rings. The summed E-state index contributed by atoms with van der Waals surface area (Å²) in [4.78, 5) is 0. The van der Waals surface area contributed by atoms with E-state index in [9.17, 15) is 0 Å². The Labute approximate surface area is 280 Å². The molecule has 0 aliphatic heterocycles. The second kappa shape index (κ2) is 16.4. The van der Waals surface area contributed by atoms with Gasteiger partial charge in [-0.05, 0) is 13.8 Å². The van der Waals surface area contributed by atoms with E-state index >= 15 is 0 Å². The third-order valence-corrected chi connectivity index (χ3v) is 8.70. The molecule has 0 aromatic heterocycles. The molecule has 0 nitrogen and oxygen atoms in total. The number of allylic oxidation sites excluding steroid dienone is 4. The Morgan fingerprint density at radius 1 is 0.738 bits per heavy atom. The van der Waals surface area contributed by atoms with Crippen LogP contribution in [0.1, 0.15) is 56.4 Å². The van der Waals surface area contributed by atoms with Crippen molar-refractivity contribution < 1.29 is 49.0 Å². The molecule has 0 radical (unpaired) electrons. The normalized spacial score (nSPS) is 13.6. The Kier molecular flexibility index (Phi) is 14.0. The van der Waals surface area contributed by atoms with E-state index in [-0.39, 0.29) is 24.8 Å². The van der Waals surface area contributed by atoms with Gasteiger partial charge in [-0.25, -0.2) is 6.08 Å². The quantitative estimate of drug-likeness (QED) is 0.248. The van der Waals surface area contributed by atoms with E-state index in [2.05, 4.69) is 163 Å². The Bertz CT molecular complexity index is 1540. The van der Waals surface area contributed by atoms with E-state index in [1.54, 1.807) is 0 Å². The molecular formula is C39H40Cl2Zr-2. The number of rotatable bonds is 3. The van der Waals surface area contributed by atoms with Gasteiger partial charge in [0.15, 0.2) is 0 Å². The van der Waals surface area contributed by atoms with Gasteiger partial charge >= 0.3 is 99.2 Å². The van der Waals surface area contributed by atoms with Gasteiger partial charge in [-0.3, -0.25) is 6.08 Å². The Balaban J connectivity index is 0.000000218. The van der Waals surface area contributed by atoms with Crippen LogP contribution in [0.5, 0.6) is 0 Å². The zero-order valence-corrected chi connectivity index (χ0v) is 29.5. The van der Waals surface area contributed by atoms with Crippen LogP contribution in [-0.2, 0) is 24.2 Å². The summed E-state index contributed by atoms with van der Waals surface area (Å²) in [6.07, 6.45) is 9.00. The summed E-state index contributed by atoms with van der Waals surface area (Å²) in [6.45, 7) is 13.2. The van der Waals surface area contributed by atoms with Crippen LogP contribution in [0, 0.1) is 31.3 Å². The summed E-state index contributed by atoms with van der Waals surface area (Å²) < 4.78 is 1.42. The van der Waals surface area contributed by atoms with E-state index in [1.165, 1.54) is 83.2 Å². The number of benzene rings is 4. The second-order valence-corrected chi connectivity index (χ2v) is 12.9.